The molecule has 0 bridgehead atoms. The Morgan fingerprint density at radius 2 is 0.298 bits per heavy atom. The van der Waals surface area contributed by atoms with Crippen molar-refractivity contribution in [1.82, 2.24) is 0 Å². The highest BCUT2D eigenvalue weighted by molar-refractivity contribution is 6.01. The van der Waals surface area contributed by atoms with Gasteiger partial charge in [0.2, 0.25) is 0 Å². The van der Waals surface area contributed by atoms with Gasteiger partial charge in [0.05, 0.1) is 5.41 Å². The van der Waals surface area contributed by atoms with Gasteiger partial charge in [0.25, 0.3) is 0 Å². The van der Waals surface area contributed by atoms with Crippen molar-refractivity contribution < 1.29 is 0 Å². The third-order valence-corrected chi connectivity index (χ3v) is 30.1. The van der Waals surface area contributed by atoms with Crippen LogP contribution in [0.4, 0.5) is 68.2 Å². The van der Waals surface area contributed by atoms with Crippen LogP contribution in [0.3, 0.4) is 0 Å². The van der Waals surface area contributed by atoms with Gasteiger partial charge in [0.1, 0.15) is 0 Å². The van der Waals surface area contributed by atoms with Crippen molar-refractivity contribution in [2.75, 3.05) is 19.6 Å². The summed E-state index contributed by atoms with van der Waals surface area (Å²) in [6.45, 7) is 8.76. The summed E-state index contributed by atoms with van der Waals surface area (Å²) in [6, 6.07) is 139. The first-order valence-corrected chi connectivity index (χ1v) is 51.8. The third kappa shape index (κ3) is 20.2. The molecule has 22 rings (SSSR count). The maximum Gasteiger partial charge on any atom is 0.0728 e. The maximum absolute atomic E-state index is 2.57. The molecule has 4 heteroatoms. The fourth-order valence-electron chi connectivity index (χ4n) is 22.4. The van der Waals surface area contributed by atoms with Gasteiger partial charge in [-0.1, -0.05) is 362 Å². The quantitative estimate of drug-likeness (QED) is 0.0559. The summed E-state index contributed by atoms with van der Waals surface area (Å²) in [4.78, 5) is 9.94. The van der Waals surface area contributed by atoms with Crippen LogP contribution >= 0.6 is 0 Å². The van der Waals surface area contributed by atoms with E-state index in [4.69, 9.17) is 0 Å². The van der Waals surface area contributed by atoms with Crippen LogP contribution in [-0.2, 0) is 5.41 Å². The minimum absolute atomic E-state index is 0.985. The van der Waals surface area contributed by atoms with E-state index in [0.717, 1.165) is 90.5 Å². The van der Waals surface area contributed by atoms with Gasteiger partial charge in [-0.05, 0) is 387 Å². The lowest BCUT2D eigenvalue weighted by molar-refractivity contribution is 0.602. The van der Waals surface area contributed by atoms with Crippen LogP contribution < -0.4 is 19.6 Å². The monoisotopic (exact) mass is 1820 g/mol. The van der Waals surface area contributed by atoms with Gasteiger partial charge in [-0.3, -0.25) is 0 Å². The van der Waals surface area contributed by atoms with Crippen molar-refractivity contribution >= 4 is 141 Å². The lowest BCUT2D eigenvalue weighted by Crippen LogP contribution is -2.27. The number of rotatable bonds is 24. The highest BCUT2D eigenvalue weighted by Gasteiger charge is 2.53. The Morgan fingerprint density at radius 1 is 0.156 bits per heavy atom. The summed E-state index contributed by atoms with van der Waals surface area (Å²) in [5.74, 6) is 0. The van der Waals surface area contributed by atoms with Crippen LogP contribution in [0, 0.1) is 27.7 Å². The average molecular weight is 1830 g/mol. The van der Waals surface area contributed by atoms with Gasteiger partial charge in [-0.15, -0.1) is 0 Å². The molecule has 0 saturated heterocycles. The summed E-state index contributed by atoms with van der Waals surface area (Å²) < 4.78 is 0. The summed E-state index contributed by atoms with van der Waals surface area (Å²) in [6.07, 6.45) is 53.2. The van der Waals surface area contributed by atoms with Crippen molar-refractivity contribution in [3.8, 4) is 22.3 Å². The highest BCUT2D eigenvalue weighted by atomic mass is 15.2. The first-order valence-electron chi connectivity index (χ1n) is 51.8. The Balaban J connectivity index is 0.717. The van der Waals surface area contributed by atoms with E-state index < -0.39 is 5.41 Å². The molecule has 16 aromatic rings. The third-order valence-electron chi connectivity index (χ3n) is 30.1. The molecule has 692 valence electrons. The molecule has 6 aliphatic carbocycles. The van der Waals surface area contributed by atoms with Crippen molar-refractivity contribution in [3.63, 3.8) is 0 Å². The lowest BCUT2D eigenvalue weighted by atomic mass is 9.70. The molecule has 6 aliphatic rings. The molecule has 0 aromatic heterocycles. The van der Waals surface area contributed by atoms with Crippen molar-refractivity contribution in [2.24, 2.45) is 0 Å². The van der Waals surface area contributed by atoms with E-state index >= 15 is 0 Å². The van der Waals surface area contributed by atoms with Gasteiger partial charge in [0.15, 0.2) is 0 Å². The SMILES string of the molecule is Cc1ccc(N(c2ccc(C=Cc3ccc(C=C4CCCCC4)cc3)cc2)c2ccc3c(c2)C2(c4cc(N(c5ccc(C)cc5)c5ccc(C=Cc6ccc(C=C7CCCCC7)cc6)cc5)ccc4-3)c3cc(N(c4ccc(C)cc4)c4ccc(C=Cc5ccc(C=C6CCCCC6)cc5)cc4)ccc3-c3ccc(N(c4ccc(C)cc4)c4ccc(C=Cc5ccc(C=C6CCCCC6)cc5)cc4)cc32)cc1. The molecule has 0 unspecified atom stereocenters. The van der Waals surface area contributed by atoms with Crippen LogP contribution in [0.2, 0.25) is 0 Å². The molecule has 0 heterocycles. The topological polar surface area (TPSA) is 13.0 Å². The molecule has 141 heavy (non-hydrogen) atoms. The summed E-state index contributed by atoms with van der Waals surface area (Å²) in [7, 11) is 0. The van der Waals surface area contributed by atoms with Crippen LogP contribution in [0.15, 0.2) is 386 Å². The Morgan fingerprint density at radius 3 is 0.468 bits per heavy atom. The van der Waals surface area contributed by atoms with E-state index in [-0.39, 0.29) is 0 Å². The molecular formula is C137H124N4. The number of aryl methyl sites for hydroxylation is 4. The van der Waals surface area contributed by atoms with Crippen LogP contribution in [0.25, 0.3) is 95.2 Å². The fourth-order valence-corrected chi connectivity index (χ4v) is 22.4. The van der Waals surface area contributed by atoms with E-state index in [1.54, 1.807) is 22.3 Å². The fraction of sp³-hybridized carbons (Fsp3) is 0.182. The van der Waals surface area contributed by atoms with Gasteiger partial charge < -0.3 is 19.6 Å². The number of allylic oxidation sites excluding steroid dienone is 4. The maximum atomic E-state index is 2.57. The van der Waals surface area contributed by atoms with E-state index in [9.17, 15) is 0 Å². The molecule has 0 amide bonds. The van der Waals surface area contributed by atoms with Gasteiger partial charge >= 0.3 is 0 Å². The van der Waals surface area contributed by atoms with Crippen molar-refractivity contribution in [3.05, 3.63) is 498 Å². The molecule has 4 saturated carbocycles. The number of hydrogen-bond donors (Lipinski definition) is 0. The van der Waals surface area contributed by atoms with Gasteiger partial charge in [-0.2, -0.15) is 0 Å². The number of anilines is 12. The molecule has 16 aromatic carbocycles. The number of fused-ring (bicyclic) bond motifs is 10. The molecule has 1 spiro atoms. The number of benzene rings is 16. The first kappa shape index (κ1) is 90.8. The van der Waals surface area contributed by atoms with E-state index in [1.165, 1.54) is 240 Å². The summed E-state index contributed by atoms with van der Waals surface area (Å²) in [5.41, 5.74) is 46.8. The number of nitrogens with zero attached hydrogens (tertiary/aromatic N) is 4. The van der Waals surface area contributed by atoms with E-state index in [0.29, 0.717) is 0 Å². The Bertz CT molecular complexity index is 6510. The second-order valence-corrected chi connectivity index (χ2v) is 40.2. The van der Waals surface area contributed by atoms with Crippen LogP contribution in [-0.4, -0.2) is 0 Å². The molecule has 0 atom stereocenters. The largest absolute Gasteiger partial charge is 0.310 e. The molecule has 4 fully saturated rings. The summed E-state index contributed by atoms with van der Waals surface area (Å²) >= 11 is 0. The Labute approximate surface area is 836 Å². The Kier molecular flexibility index (Phi) is 26.6. The molecule has 0 radical (unpaired) electrons. The van der Waals surface area contributed by atoms with Gasteiger partial charge in [0, 0.05) is 68.2 Å². The highest BCUT2D eigenvalue weighted by Crippen LogP contribution is 2.66. The molecule has 0 N–H and O–H groups in total. The zero-order chi connectivity index (χ0) is 95.0. The normalized spacial score (nSPS) is 15.5. The van der Waals surface area contributed by atoms with Crippen molar-refractivity contribution in [2.45, 2.75) is 162 Å². The zero-order valence-corrected chi connectivity index (χ0v) is 82.0. The van der Waals surface area contributed by atoms with Gasteiger partial charge in [-0.25, -0.2) is 0 Å². The predicted molar refractivity (Wildman–Crippen MR) is 606 cm³/mol. The second-order valence-electron chi connectivity index (χ2n) is 40.2. The van der Waals surface area contributed by atoms with Crippen LogP contribution in [0.1, 0.15) is 240 Å². The smallest absolute Gasteiger partial charge is 0.0728 e. The summed E-state index contributed by atoms with van der Waals surface area (Å²) in [5, 5.41) is 0. The van der Waals surface area contributed by atoms with E-state index in [2.05, 4.69) is 484 Å². The average Bonchev–Trinajstić information content (AvgIpc) is 1.50. The minimum Gasteiger partial charge on any atom is -0.310 e. The first-order chi connectivity index (χ1) is 69.4. The molecule has 4 nitrogen and oxygen atoms in total. The standard InChI is InChI=1S/C137H124N4/c1-97-25-65-117(66-26-97)138(121-73-57-105(58-74-121)37-33-101-41-49-113(50-42-101)89-109-17-9-5-10-18-109)125-81-85-129-130-86-82-126(139(118-67-27-98(2)28-68-118)122-75-59-106(60-76-122)38-34-102-43-51-114(52-44-102)90-110-19-11-6-12-20-110)94-134(130)137(133(129)93-125)135-95-127(140(119-69-29-99(3)30-70-119)123-77-61-107(62-78-123)39-35-103-45-53-115(54-46-103)91-111-21-13-7-14-22-111)83-87-131(135)132-88-84-128(96-136(132)137)141(120-71-31-100(4)32-72-120)124-79-63-108(64-80-124)40-36-104-47-55-116(56-48-104)92-112-23-15-8-16-24-112/h25-96H,5-24H2,1-4H3. The lowest BCUT2D eigenvalue weighted by Gasteiger charge is -2.35. The molecular weight excluding hydrogens is 1700 g/mol. The zero-order valence-electron chi connectivity index (χ0n) is 82.0. The Hall–Kier alpha value is -15.4. The molecule has 0 aliphatic heterocycles. The number of hydrogen-bond acceptors (Lipinski definition) is 4. The van der Waals surface area contributed by atoms with Crippen molar-refractivity contribution in [1.29, 1.82) is 0 Å². The second kappa shape index (κ2) is 41.4. The predicted octanol–water partition coefficient (Wildman–Crippen LogP) is 39.2. The van der Waals surface area contributed by atoms with E-state index in [1.807, 2.05) is 0 Å². The minimum atomic E-state index is -0.985. The van der Waals surface area contributed by atoms with Crippen LogP contribution in [0.5, 0.6) is 0 Å².